The predicted octanol–water partition coefficient (Wildman–Crippen LogP) is 6.96. The summed E-state index contributed by atoms with van der Waals surface area (Å²) in [6.07, 6.45) is 5.68. The van der Waals surface area contributed by atoms with Gasteiger partial charge in [0.25, 0.3) is 0 Å². The zero-order chi connectivity index (χ0) is 28.7. The van der Waals surface area contributed by atoms with Crippen LogP contribution in [0.4, 0.5) is 5.69 Å². The van der Waals surface area contributed by atoms with Crippen LogP contribution in [0.5, 0.6) is 0 Å². The van der Waals surface area contributed by atoms with Crippen molar-refractivity contribution in [2.75, 3.05) is 37.6 Å². The normalized spacial score (nSPS) is 15.2. The molecule has 210 valence electrons. The van der Waals surface area contributed by atoms with Gasteiger partial charge in [-0.05, 0) is 85.1 Å². The van der Waals surface area contributed by atoms with Gasteiger partial charge in [-0.3, -0.25) is 4.90 Å². The van der Waals surface area contributed by atoms with Crippen molar-refractivity contribution in [3.05, 3.63) is 65.5 Å². The Morgan fingerprint density at radius 3 is 2.48 bits per heavy atom. The lowest BCUT2D eigenvalue weighted by molar-refractivity contribution is 0.0665. The number of nitriles is 1. The van der Waals surface area contributed by atoms with Crippen LogP contribution in [0.25, 0.3) is 21.9 Å². The molecule has 8 heteroatoms. The Kier molecular flexibility index (Phi) is 7.55. The molecular formula is C32H40N4O3Si. The lowest BCUT2D eigenvalue weighted by atomic mass is 10.1. The Morgan fingerprint density at radius 1 is 1.05 bits per heavy atom. The molecule has 0 atom stereocenters. The van der Waals surface area contributed by atoms with E-state index in [1.54, 1.807) is 6.07 Å². The van der Waals surface area contributed by atoms with Gasteiger partial charge in [0.1, 0.15) is 5.58 Å². The highest BCUT2D eigenvalue weighted by Gasteiger charge is 2.38. The second-order valence-electron chi connectivity index (χ2n) is 12.6. The van der Waals surface area contributed by atoms with Crippen LogP contribution < -0.4 is 4.90 Å². The van der Waals surface area contributed by atoms with Crippen molar-refractivity contribution >= 4 is 41.8 Å². The molecule has 7 nitrogen and oxygen atoms in total. The average molecular weight is 557 g/mol. The molecule has 0 aliphatic carbocycles. The molecule has 1 saturated heterocycles. The molecule has 4 aromatic rings. The first-order valence-electron chi connectivity index (χ1n) is 14.3. The molecule has 0 unspecified atom stereocenters. The van der Waals surface area contributed by atoms with Crippen molar-refractivity contribution in [3.8, 4) is 6.07 Å². The number of nitrogens with zero attached hydrogens (tertiary/aromatic N) is 4. The fourth-order valence-corrected chi connectivity index (χ4v) is 7.60. The molecule has 0 saturated carbocycles. The molecular weight excluding hydrogens is 516 g/mol. The number of fused-ring (bicyclic) bond motifs is 2. The fraction of sp³-hybridized carbons (Fsp3) is 0.438. The summed E-state index contributed by atoms with van der Waals surface area (Å²) in [6, 6.07) is 16.0. The van der Waals surface area contributed by atoms with Gasteiger partial charge in [-0.1, -0.05) is 33.9 Å². The van der Waals surface area contributed by atoms with Crippen molar-refractivity contribution in [2.45, 2.75) is 58.2 Å². The summed E-state index contributed by atoms with van der Waals surface area (Å²) >= 11 is 0. The van der Waals surface area contributed by atoms with E-state index >= 15 is 0 Å². The van der Waals surface area contributed by atoms with Crippen LogP contribution in [0.15, 0.2) is 53.1 Å². The third-order valence-corrected chi connectivity index (χ3v) is 14.3. The van der Waals surface area contributed by atoms with Gasteiger partial charge in [-0.2, -0.15) is 5.26 Å². The van der Waals surface area contributed by atoms with Crippen molar-refractivity contribution in [3.63, 3.8) is 0 Å². The molecule has 5 rings (SSSR count). The van der Waals surface area contributed by atoms with Gasteiger partial charge in [-0.25, -0.2) is 4.79 Å². The first kappa shape index (κ1) is 28.0. The number of hydrogen-bond acceptors (Lipinski definition) is 5. The van der Waals surface area contributed by atoms with E-state index in [1.807, 2.05) is 24.3 Å². The van der Waals surface area contributed by atoms with Gasteiger partial charge in [0, 0.05) is 48.2 Å². The van der Waals surface area contributed by atoms with Crippen LogP contribution >= 0.6 is 0 Å². The summed E-state index contributed by atoms with van der Waals surface area (Å²) in [5.74, 6) is -1.06. The molecule has 2 aromatic heterocycles. The van der Waals surface area contributed by atoms with Crippen LogP contribution in [0.2, 0.25) is 18.1 Å². The maximum absolute atomic E-state index is 11.2. The average Bonchev–Trinajstić information content (AvgIpc) is 3.52. The minimum atomic E-state index is -1.79. The van der Waals surface area contributed by atoms with E-state index in [0.29, 0.717) is 5.58 Å². The Morgan fingerprint density at radius 2 is 1.80 bits per heavy atom. The van der Waals surface area contributed by atoms with Gasteiger partial charge in [-0.15, -0.1) is 0 Å². The summed E-state index contributed by atoms with van der Waals surface area (Å²) in [5, 5.41) is 21.0. The van der Waals surface area contributed by atoms with Gasteiger partial charge >= 0.3 is 5.97 Å². The van der Waals surface area contributed by atoms with Crippen molar-refractivity contribution < 1.29 is 14.3 Å². The zero-order valence-corrected chi connectivity index (χ0v) is 25.3. The van der Waals surface area contributed by atoms with Crippen LogP contribution in [-0.2, 0) is 6.42 Å². The van der Waals surface area contributed by atoms with Crippen molar-refractivity contribution in [2.24, 2.45) is 0 Å². The SMILES string of the molecule is CC(C)(C)[Si](C)(C)n1cc(CCCCN2CCN(c3ccc4oc(C(=O)O)cc4c3)CC2)c2cc(C#N)ccc21. The number of carbonyl (C=O) groups is 1. The van der Waals surface area contributed by atoms with Crippen LogP contribution in [0.3, 0.4) is 0 Å². The van der Waals surface area contributed by atoms with Crippen molar-refractivity contribution in [1.82, 2.24) is 9.13 Å². The summed E-state index contributed by atoms with van der Waals surface area (Å²) < 4.78 is 7.96. The molecule has 1 aliphatic heterocycles. The number of benzene rings is 2. The van der Waals surface area contributed by atoms with Gasteiger partial charge in [0.2, 0.25) is 5.76 Å². The minimum absolute atomic E-state index is 0.0213. The third-order valence-electron chi connectivity index (χ3n) is 9.07. The van der Waals surface area contributed by atoms with E-state index in [9.17, 15) is 15.2 Å². The highest BCUT2D eigenvalue weighted by molar-refractivity contribution is 6.79. The van der Waals surface area contributed by atoms with E-state index in [4.69, 9.17) is 4.42 Å². The quantitative estimate of drug-likeness (QED) is 0.187. The monoisotopic (exact) mass is 556 g/mol. The van der Waals surface area contributed by atoms with E-state index in [2.05, 4.69) is 72.3 Å². The second-order valence-corrected chi connectivity index (χ2v) is 17.7. The molecule has 1 N–H and O–H groups in total. The summed E-state index contributed by atoms with van der Waals surface area (Å²) in [4.78, 5) is 16.1. The molecule has 40 heavy (non-hydrogen) atoms. The number of hydrogen-bond donors (Lipinski definition) is 1. The number of furan rings is 1. The maximum atomic E-state index is 11.2. The number of aromatic carboxylic acids is 1. The van der Waals surface area contributed by atoms with Crippen LogP contribution in [0.1, 0.15) is 55.3 Å². The smallest absolute Gasteiger partial charge is 0.371 e. The fourth-order valence-electron chi connectivity index (χ4n) is 5.60. The number of unbranched alkanes of at least 4 members (excludes halogenated alkanes) is 1. The molecule has 0 bridgehead atoms. The number of rotatable bonds is 8. The molecule has 2 aromatic carbocycles. The number of piperazine rings is 1. The summed E-state index contributed by atoms with van der Waals surface area (Å²) in [6.45, 7) is 16.9. The lowest BCUT2D eigenvalue weighted by Gasteiger charge is -2.38. The highest BCUT2D eigenvalue weighted by Crippen LogP contribution is 2.40. The molecule has 0 spiro atoms. The number of carboxylic acid groups (broad SMARTS) is 1. The Bertz CT molecular complexity index is 1580. The summed E-state index contributed by atoms with van der Waals surface area (Å²) in [5.41, 5.74) is 5.08. The van der Waals surface area contributed by atoms with E-state index in [1.165, 1.54) is 16.5 Å². The molecule has 1 fully saturated rings. The molecule has 0 radical (unpaired) electrons. The Labute approximate surface area is 237 Å². The highest BCUT2D eigenvalue weighted by atomic mass is 28.3. The lowest BCUT2D eigenvalue weighted by Crippen LogP contribution is -2.46. The first-order chi connectivity index (χ1) is 19.0. The van der Waals surface area contributed by atoms with E-state index in [-0.39, 0.29) is 10.8 Å². The topological polar surface area (TPSA) is 85.6 Å². The third kappa shape index (κ3) is 5.41. The van der Waals surface area contributed by atoms with Crippen LogP contribution in [0, 0.1) is 11.3 Å². The number of aryl methyl sites for hydroxylation is 1. The molecule has 1 aliphatic rings. The summed E-state index contributed by atoms with van der Waals surface area (Å²) in [7, 11) is -1.79. The zero-order valence-electron chi connectivity index (χ0n) is 24.3. The predicted molar refractivity (Wildman–Crippen MR) is 164 cm³/mol. The van der Waals surface area contributed by atoms with E-state index < -0.39 is 14.2 Å². The standard InChI is InChI=1S/C32H40N4O3Si/c1-32(2,3)40(4,5)36-22-24(27-18-23(21-33)9-11-28(27)36)8-6-7-13-34-14-16-35(17-15-34)26-10-12-29-25(19-26)20-30(39-29)31(37)38/h9-12,18-20,22H,6-8,13-17H2,1-5H3,(H,37,38). The van der Waals surface area contributed by atoms with E-state index in [0.717, 1.165) is 68.6 Å². The van der Waals surface area contributed by atoms with Gasteiger partial charge < -0.3 is 18.7 Å². The Balaban J connectivity index is 1.18. The number of carboxylic acids is 1. The minimum Gasteiger partial charge on any atom is -0.475 e. The first-order valence-corrected chi connectivity index (χ1v) is 17.2. The number of anilines is 1. The van der Waals surface area contributed by atoms with Crippen molar-refractivity contribution in [1.29, 1.82) is 5.26 Å². The molecule has 0 amide bonds. The van der Waals surface area contributed by atoms with Crippen LogP contribution in [-0.4, -0.2) is 61.2 Å². The Hall–Kier alpha value is -3.54. The second kappa shape index (κ2) is 10.8. The van der Waals surface area contributed by atoms with Gasteiger partial charge in [0.15, 0.2) is 8.24 Å². The largest absolute Gasteiger partial charge is 0.475 e. The van der Waals surface area contributed by atoms with Gasteiger partial charge in [0.05, 0.1) is 11.6 Å². The molecule has 3 heterocycles. The maximum Gasteiger partial charge on any atom is 0.371 e. The number of aromatic nitrogens is 1.